The van der Waals surface area contributed by atoms with E-state index in [2.05, 4.69) is 37.1 Å². The molecule has 0 saturated carbocycles. The summed E-state index contributed by atoms with van der Waals surface area (Å²) in [5.74, 6) is 0.107. The number of para-hydroxylation sites is 1. The fraction of sp³-hybridized carbons (Fsp3) is 0.200. The Morgan fingerprint density at radius 1 is 1.00 bits per heavy atom. The maximum absolute atomic E-state index is 14.2. The molecule has 1 aliphatic rings. The number of amides is 1. The maximum atomic E-state index is 14.2. The third-order valence-corrected chi connectivity index (χ3v) is 6.65. The van der Waals surface area contributed by atoms with E-state index in [-0.39, 0.29) is 11.7 Å². The number of piperazine rings is 1. The predicted molar refractivity (Wildman–Crippen MR) is 133 cm³/mol. The molecule has 2 aromatic carbocycles. The quantitative estimate of drug-likeness (QED) is 0.462. The summed E-state index contributed by atoms with van der Waals surface area (Å²) in [6.45, 7) is 3.60. The van der Waals surface area contributed by atoms with Gasteiger partial charge in [-0.25, -0.2) is 19.3 Å². The first-order chi connectivity index (χ1) is 16.6. The smallest absolute Gasteiger partial charge is 0.274 e. The van der Waals surface area contributed by atoms with Crippen molar-refractivity contribution in [2.75, 3.05) is 43.4 Å². The summed E-state index contributed by atoms with van der Waals surface area (Å²) >= 11 is 1.36. The van der Waals surface area contributed by atoms with Crippen LogP contribution >= 0.6 is 11.3 Å². The number of halogens is 1. The van der Waals surface area contributed by atoms with Crippen molar-refractivity contribution in [2.45, 2.75) is 0 Å². The van der Waals surface area contributed by atoms with Crippen LogP contribution in [0, 0.1) is 5.82 Å². The molecule has 1 amide bonds. The van der Waals surface area contributed by atoms with Crippen molar-refractivity contribution in [3.63, 3.8) is 0 Å². The molecule has 0 atom stereocenters. The van der Waals surface area contributed by atoms with E-state index in [0.717, 1.165) is 37.6 Å². The summed E-state index contributed by atoms with van der Waals surface area (Å²) in [4.78, 5) is 30.7. The van der Waals surface area contributed by atoms with E-state index >= 15 is 0 Å². The van der Waals surface area contributed by atoms with Crippen molar-refractivity contribution in [1.82, 2.24) is 19.9 Å². The Morgan fingerprint density at radius 2 is 1.74 bits per heavy atom. The highest BCUT2D eigenvalue weighted by atomic mass is 32.1. The molecule has 2 aromatic heterocycles. The van der Waals surface area contributed by atoms with Gasteiger partial charge in [0.15, 0.2) is 0 Å². The molecule has 9 heteroatoms. The number of anilines is 2. The first-order valence-electron chi connectivity index (χ1n) is 11.0. The van der Waals surface area contributed by atoms with Crippen LogP contribution in [-0.2, 0) is 0 Å². The number of nitrogens with one attached hydrogen (secondary N) is 1. The number of hydrogen-bond acceptors (Lipinski definition) is 7. The van der Waals surface area contributed by atoms with E-state index < -0.39 is 0 Å². The summed E-state index contributed by atoms with van der Waals surface area (Å²) in [6.07, 6.45) is 1.43. The molecule has 0 radical (unpaired) electrons. The molecule has 0 unspecified atom stereocenters. The van der Waals surface area contributed by atoms with Crippen molar-refractivity contribution in [3.8, 4) is 21.8 Å². The zero-order chi connectivity index (χ0) is 23.5. The highest BCUT2D eigenvalue weighted by Crippen LogP contribution is 2.33. The van der Waals surface area contributed by atoms with Gasteiger partial charge in [0.2, 0.25) is 0 Å². The van der Waals surface area contributed by atoms with Crippen LogP contribution in [0.15, 0.2) is 66.3 Å². The molecule has 1 N–H and O–H groups in total. The van der Waals surface area contributed by atoms with Crippen LogP contribution in [0.1, 0.15) is 10.5 Å². The molecule has 0 spiro atoms. The Bertz CT molecular complexity index is 1320. The second-order valence-electron chi connectivity index (χ2n) is 8.07. The number of aromatic nitrogens is 3. The van der Waals surface area contributed by atoms with Crippen molar-refractivity contribution in [3.05, 3.63) is 77.8 Å². The van der Waals surface area contributed by atoms with E-state index in [9.17, 15) is 9.18 Å². The Morgan fingerprint density at radius 3 is 2.53 bits per heavy atom. The van der Waals surface area contributed by atoms with Gasteiger partial charge >= 0.3 is 0 Å². The predicted octanol–water partition coefficient (Wildman–Crippen LogP) is 4.41. The third kappa shape index (κ3) is 4.66. The molecule has 34 heavy (non-hydrogen) atoms. The molecular weight excluding hydrogens is 451 g/mol. The van der Waals surface area contributed by atoms with E-state index in [0.29, 0.717) is 27.6 Å². The first kappa shape index (κ1) is 22.1. The standard InChI is InChI=1S/C25H23FN6OS/c1-31-10-12-32(13-11-31)23-14-21(27-16-28-23)24(33)29-20-9-5-3-7-18(20)22-15-34-25(30-22)17-6-2-4-8-19(17)26/h2-9,14-16H,10-13H2,1H3,(H,29,33). The zero-order valence-electron chi connectivity index (χ0n) is 18.6. The number of benzene rings is 2. The first-order valence-corrected chi connectivity index (χ1v) is 11.8. The van der Waals surface area contributed by atoms with Gasteiger partial charge in [-0.1, -0.05) is 30.3 Å². The fourth-order valence-electron chi connectivity index (χ4n) is 3.84. The second kappa shape index (κ2) is 9.66. The molecule has 172 valence electrons. The van der Waals surface area contributed by atoms with Crippen molar-refractivity contribution in [2.24, 2.45) is 0 Å². The van der Waals surface area contributed by atoms with Gasteiger partial charge in [0.05, 0.1) is 11.4 Å². The minimum absolute atomic E-state index is 0.295. The Hall–Kier alpha value is -3.69. The molecule has 4 aromatic rings. The van der Waals surface area contributed by atoms with Gasteiger partial charge < -0.3 is 15.1 Å². The van der Waals surface area contributed by atoms with Gasteiger partial charge in [-0.15, -0.1) is 11.3 Å². The van der Waals surface area contributed by atoms with Crippen LogP contribution < -0.4 is 10.2 Å². The normalized spacial score (nSPS) is 14.2. The second-order valence-corrected chi connectivity index (χ2v) is 8.93. The van der Waals surface area contributed by atoms with Crippen LogP contribution in [-0.4, -0.2) is 59.0 Å². The summed E-state index contributed by atoms with van der Waals surface area (Å²) < 4.78 is 14.2. The minimum Gasteiger partial charge on any atom is -0.354 e. The Kier molecular flexibility index (Phi) is 6.29. The lowest BCUT2D eigenvalue weighted by molar-refractivity contribution is 0.102. The van der Waals surface area contributed by atoms with Crippen LogP contribution in [0.5, 0.6) is 0 Å². The molecule has 1 fully saturated rings. The molecule has 1 aliphatic heterocycles. The van der Waals surface area contributed by atoms with Gasteiger partial charge in [0.25, 0.3) is 5.91 Å². The van der Waals surface area contributed by atoms with Crippen LogP contribution in [0.2, 0.25) is 0 Å². The number of likely N-dealkylation sites (N-methyl/N-ethyl adjacent to an activating group) is 1. The maximum Gasteiger partial charge on any atom is 0.274 e. The fourth-order valence-corrected chi connectivity index (χ4v) is 4.68. The van der Waals surface area contributed by atoms with E-state index in [4.69, 9.17) is 0 Å². The van der Waals surface area contributed by atoms with Crippen LogP contribution in [0.3, 0.4) is 0 Å². The van der Waals surface area contributed by atoms with Gasteiger partial charge in [-0.2, -0.15) is 0 Å². The molecule has 0 aliphatic carbocycles. The molecule has 5 rings (SSSR count). The van der Waals surface area contributed by atoms with E-state index in [1.807, 2.05) is 29.6 Å². The molecular formula is C25H23FN6OS. The lowest BCUT2D eigenvalue weighted by Crippen LogP contribution is -2.44. The summed E-state index contributed by atoms with van der Waals surface area (Å²) in [5, 5.41) is 5.41. The molecule has 7 nitrogen and oxygen atoms in total. The minimum atomic E-state index is -0.324. The van der Waals surface area contributed by atoms with Crippen molar-refractivity contribution >= 4 is 28.7 Å². The van der Waals surface area contributed by atoms with Crippen LogP contribution in [0.4, 0.5) is 15.9 Å². The number of hydrogen-bond donors (Lipinski definition) is 1. The van der Waals surface area contributed by atoms with Gasteiger partial charge in [-0.3, -0.25) is 4.79 Å². The average molecular weight is 475 g/mol. The molecule has 0 bridgehead atoms. The highest BCUT2D eigenvalue weighted by molar-refractivity contribution is 7.13. The van der Waals surface area contributed by atoms with Gasteiger partial charge in [-0.05, 0) is 25.2 Å². The zero-order valence-corrected chi connectivity index (χ0v) is 19.4. The van der Waals surface area contributed by atoms with Crippen molar-refractivity contribution in [1.29, 1.82) is 0 Å². The van der Waals surface area contributed by atoms with Gasteiger partial charge in [0.1, 0.15) is 28.7 Å². The summed E-state index contributed by atoms with van der Waals surface area (Å²) in [6, 6.07) is 15.7. The van der Waals surface area contributed by atoms with Gasteiger partial charge in [0, 0.05) is 48.8 Å². The highest BCUT2D eigenvalue weighted by Gasteiger charge is 2.19. The van der Waals surface area contributed by atoms with E-state index in [1.165, 1.54) is 23.7 Å². The topological polar surface area (TPSA) is 74.2 Å². The lowest BCUT2D eigenvalue weighted by Gasteiger charge is -2.33. The molecule has 1 saturated heterocycles. The monoisotopic (exact) mass is 474 g/mol. The van der Waals surface area contributed by atoms with Crippen LogP contribution in [0.25, 0.3) is 21.8 Å². The summed E-state index contributed by atoms with van der Waals surface area (Å²) in [7, 11) is 2.09. The van der Waals surface area contributed by atoms with Crippen molar-refractivity contribution < 1.29 is 9.18 Å². The summed E-state index contributed by atoms with van der Waals surface area (Å²) in [5.41, 5.74) is 2.78. The largest absolute Gasteiger partial charge is 0.354 e. The number of carbonyl (C=O) groups excluding carboxylic acids is 1. The number of nitrogens with zero attached hydrogens (tertiary/aromatic N) is 5. The number of carbonyl (C=O) groups is 1. The number of rotatable bonds is 5. The third-order valence-electron chi connectivity index (χ3n) is 5.77. The Labute approximate surface area is 200 Å². The Balaban J connectivity index is 1.37. The molecule has 3 heterocycles. The number of thiazole rings is 1. The lowest BCUT2D eigenvalue weighted by atomic mass is 10.1. The average Bonchev–Trinajstić information content (AvgIpc) is 3.35. The SMILES string of the molecule is CN1CCN(c2cc(C(=O)Nc3ccccc3-c3csc(-c4ccccc4F)n3)ncn2)CC1. The van der Waals surface area contributed by atoms with E-state index in [1.54, 1.807) is 24.3 Å².